The lowest BCUT2D eigenvalue weighted by Crippen LogP contribution is -2.35. The van der Waals surface area contributed by atoms with E-state index in [1.165, 1.54) is 0 Å². The average Bonchev–Trinajstić information content (AvgIpc) is 2.13. The van der Waals surface area contributed by atoms with Crippen molar-refractivity contribution in [3.63, 3.8) is 0 Å². The lowest BCUT2D eigenvalue weighted by molar-refractivity contribution is 0.235. The van der Waals surface area contributed by atoms with Crippen LogP contribution in [0, 0.1) is 19.3 Å². The van der Waals surface area contributed by atoms with Crippen LogP contribution in [-0.4, -0.2) is 27.7 Å². The molecule has 0 aliphatic rings. The number of aryl methyl sites for hydroxylation is 2. The van der Waals surface area contributed by atoms with E-state index < -0.39 is 0 Å². The number of hydrogen-bond acceptors (Lipinski definition) is 4. The molecule has 0 saturated carbocycles. The van der Waals surface area contributed by atoms with Crippen molar-refractivity contribution in [2.24, 2.45) is 5.41 Å². The standard InChI is InChI=1S/C13H23N3O/c1-9-8-12(15-10(2)14-9)16-11(6-7-17)13(3,4)5/h8,11,17H,6-7H2,1-5H3,(H,14,15,16). The zero-order valence-electron chi connectivity index (χ0n) is 11.4. The Morgan fingerprint density at radius 2 is 1.94 bits per heavy atom. The van der Waals surface area contributed by atoms with Gasteiger partial charge in [0.25, 0.3) is 0 Å². The normalized spacial score (nSPS) is 13.5. The highest BCUT2D eigenvalue weighted by Gasteiger charge is 2.24. The van der Waals surface area contributed by atoms with Crippen LogP contribution in [0.2, 0.25) is 0 Å². The quantitative estimate of drug-likeness (QED) is 0.843. The smallest absolute Gasteiger partial charge is 0.130 e. The Morgan fingerprint density at radius 3 is 2.41 bits per heavy atom. The fourth-order valence-electron chi connectivity index (χ4n) is 1.82. The van der Waals surface area contributed by atoms with Gasteiger partial charge in [0.1, 0.15) is 11.6 Å². The fraction of sp³-hybridized carbons (Fsp3) is 0.692. The van der Waals surface area contributed by atoms with Crippen molar-refractivity contribution in [3.8, 4) is 0 Å². The van der Waals surface area contributed by atoms with Crippen molar-refractivity contribution in [1.82, 2.24) is 9.97 Å². The van der Waals surface area contributed by atoms with Crippen LogP contribution in [0.15, 0.2) is 6.07 Å². The molecule has 0 amide bonds. The Hall–Kier alpha value is -1.16. The fourth-order valence-corrected chi connectivity index (χ4v) is 1.82. The Morgan fingerprint density at radius 1 is 1.29 bits per heavy atom. The van der Waals surface area contributed by atoms with Crippen molar-refractivity contribution < 1.29 is 5.11 Å². The van der Waals surface area contributed by atoms with Gasteiger partial charge >= 0.3 is 0 Å². The molecule has 1 rings (SSSR count). The molecule has 0 aliphatic heterocycles. The van der Waals surface area contributed by atoms with Gasteiger partial charge in [-0.25, -0.2) is 9.97 Å². The zero-order valence-corrected chi connectivity index (χ0v) is 11.4. The highest BCUT2D eigenvalue weighted by molar-refractivity contribution is 5.37. The highest BCUT2D eigenvalue weighted by atomic mass is 16.3. The summed E-state index contributed by atoms with van der Waals surface area (Å²) in [6.07, 6.45) is 0.714. The van der Waals surface area contributed by atoms with Crippen molar-refractivity contribution in [1.29, 1.82) is 0 Å². The Balaban J connectivity index is 2.86. The maximum Gasteiger partial charge on any atom is 0.130 e. The van der Waals surface area contributed by atoms with Crippen molar-refractivity contribution >= 4 is 5.82 Å². The van der Waals surface area contributed by atoms with E-state index in [0.717, 1.165) is 17.3 Å². The van der Waals surface area contributed by atoms with Crippen molar-refractivity contribution in [2.75, 3.05) is 11.9 Å². The Labute approximate surface area is 103 Å². The van der Waals surface area contributed by atoms with E-state index in [2.05, 4.69) is 36.1 Å². The number of anilines is 1. The number of hydrogen-bond donors (Lipinski definition) is 2. The van der Waals surface area contributed by atoms with Gasteiger partial charge in [0.2, 0.25) is 0 Å². The van der Waals surface area contributed by atoms with Gasteiger partial charge in [-0.2, -0.15) is 0 Å². The minimum Gasteiger partial charge on any atom is -0.396 e. The third-order valence-electron chi connectivity index (χ3n) is 2.75. The maximum atomic E-state index is 9.11. The third kappa shape index (κ3) is 4.30. The third-order valence-corrected chi connectivity index (χ3v) is 2.75. The van der Waals surface area contributed by atoms with Gasteiger partial charge in [0, 0.05) is 24.4 Å². The van der Waals surface area contributed by atoms with E-state index in [4.69, 9.17) is 5.11 Å². The molecular formula is C13H23N3O. The monoisotopic (exact) mass is 237 g/mol. The summed E-state index contributed by atoms with van der Waals surface area (Å²) in [6.45, 7) is 10.5. The van der Waals surface area contributed by atoms with E-state index >= 15 is 0 Å². The summed E-state index contributed by atoms with van der Waals surface area (Å²) in [4.78, 5) is 8.61. The molecule has 1 heterocycles. The number of nitrogens with one attached hydrogen (secondary N) is 1. The first-order valence-corrected chi connectivity index (χ1v) is 6.02. The Bertz CT molecular complexity index is 351. The van der Waals surface area contributed by atoms with Crippen LogP contribution in [0.4, 0.5) is 5.82 Å². The largest absolute Gasteiger partial charge is 0.396 e. The molecule has 0 bridgehead atoms. The summed E-state index contributed by atoms with van der Waals surface area (Å²) in [5, 5.41) is 12.5. The first-order valence-electron chi connectivity index (χ1n) is 6.02. The molecule has 96 valence electrons. The van der Waals surface area contributed by atoms with Gasteiger partial charge in [-0.3, -0.25) is 0 Å². The lowest BCUT2D eigenvalue weighted by Gasteiger charge is -2.31. The second-order valence-electron chi connectivity index (χ2n) is 5.52. The second kappa shape index (κ2) is 5.45. The predicted molar refractivity (Wildman–Crippen MR) is 70.1 cm³/mol. The zero-order chi connectivity index (χ0) is 13.1. The van der Waals surface area contributed by atoms with E-state index in [1.54, 1.807) is 0 Å². The van der Waals surface area contributed by atoms with E-state index in [-0.39, 0.29) is 18.1 Å². The number of aromatic nitrogens is 2. The molecule has 0 radical (unpaired) electrons. The van der Waals surface area contributed by atoms with Crippen LogP contribution < -0.4 is 5.32 Å². The lowest BCUT2D eigenvalue weighted by atomic mass is 9.85. The molecule has 1 atom stereocenters. The highest BCUT2D eigenvalue weighted by Crippen LogP contribution is 2.25. The first-order chi connectivity index (χ1) is 7.82. The molecule has 1 aromatic rings. The second-order valence-corrected chi connectivity index (χ2v) is 5.52. The van der Waals surface area contributed by atoms with Crippen LogP contribution in [0.25, 0.3) is 0 Å². The van der Waals surface area contributed by atoms with Crippen molar-refractivity contribution in [2.45, 2.75) is 47.1 Å². The molecule has 0 saturated heterocycles. The summed E-state index contributed by atoms with van der Waals surface area (Å²) in [7, 11) is 0. The van der Waals surface area contributed by atoms with Crippen LogP contribution in [0.3, 0.4) is 0 Å². The summed E-state index contributed by atoms with van der Waals surface area (Å²) in [5.74, 6) is 1.60. The maximum absolute atomic E-state index is 9.11. The van der Waals surface area contributed by atoms with Crippen LogP contribution in [0.1, 0.15) is 38.7 Å². The molecule has 1 aromatic heterocycles. The van der Waals surface area contributed by atoms with Crippen molar-refractivity contribution in [3.05, 3.63) is 17.6 Å². The van der Waals surface area contributed by atoms with Crippen LogP contribution >= 0.6 is 0 Å². The van der Waals surface area contributed by atoms with E-state index in [1.807, 2.05) is 19.9 Å². The van der Waals surface area contributed by atoms with E-state index in [9.17, 15) is 0 Å². The number of nitrogens with zero attached hydrogens (tertiary/aromatic N) is 2. The number of aliphatic hydroxyl groups excluding tert-OH is 1. The van der Waals surface area contributed by atoms with Gasteiger partial charge in [0.05, 0.1) is 0 Å². The first kappa shape index (κ1) is 13.9. The summed E-state index contributed by atoms with van der Waals surface area (Å²) in [6, 6.07) is 2.13. The molecule has 0 spiro atoms. The molecule has 4 nitrogen and oxygen atoms in total. The SMILES string of the molecule is Cc1cc(NC(CCO)C(C)(C)C)nc(C)n1. The summed E-state index contributed by atoms with van der Waals surface area (Å²) >= 11 is 0. The number of aliphatic hydroxyl groups is 1. The van der Waals surface area contributed by atoms with Gasteiger partial charge in [0.15, 0.2) is 0 Å². The molecule has 1 unspecified atom stereocenters. The topological polar surface area (TPSA) is 58.0 Å². The van der Waals surface area contributed by atoms with Crippen LogP contribution in [0.5, 0.6) is 0 Å². The molecule has 2 N–H and O–H groups in total. The molecule has 4 heteroatoms. The summed E-state index contributed by atoms with van der Waals surface area (Å²) < 4.78 is 0. The summed E-state index contributed by atoms with van der Waals surface area (Å²) in [5.41, 5.74) is 1.03. The van der Waals surface area contributed by atoms with Gasteiger partial charge in [-0.05, 0) is 25.7 Å². The average molecular weight is 237 g/mol. The minimum atomic E-state index is 0.0789. The van der Waals surface area contributed by atoms with Gasteiger partial charge in [-0.1, -0.05) is 20.8 Å². The molecule has 0 aromatic carbocycles. The predicted octanol–water partition coefficient (Wildman–Crippen LogP) is 2.30. The molecule has 17 heavy (non-hydrogen) atoms. The molecule has 0 fully saturated rings. The Kier molecular flexibility index (Phi) is 4.46. The molecular weight excluding hydrogens is 214 g/mol. The van der Waals surface area contributed by atoms with Gasteiger partial charge < -0.3 is 10.4 Å². The van der Waals surface area contributed by atoms with Gasteiger partial charge in [-0.15, -0.1) is 0 Å². The number of rotatable bonds is 4. The molecule has 0 aliphatic carbocycles. The van der Waals surface area contributed by atoms with E-state index in [0.29, 0.717) is 6.42 Å². The minimum absolute atomic E-state index is 0.0789. The van der Waals surface area contributed by atoms with Crippen LogP contribution in [-0.2, 0) is 0 Å².